The van der Waals surface area contributed by atoms with Crippen molar-refractivity contribution < 1.29 is 19.0 Å². The van der Waals surface area contributed by atoms with Crippen molar-refractivity contribution in [1.82, 2.24) is 14.8 Å². The van der Waals surface area contributed by atoms with Gasteiger partial charge in [-0.15, -0.1) is 6.42 Å². The van der Waals surface area contributed by atoms with Gasteiger partial charge in [0, 0.05) is 48.9 Å². The van der Waals surface area contributed by atoms with E-state index in [1.54, 1.807) is 30.5 Å². The molecule has 2 aliphatic rings. The number of hydrogen-bond donors (Lipinski definition) is 2. The van der Waals surface area contributed by atoms with E-state index in [1.807, 2.05) is 4.57 Å². The summed E-state index contributed by atoms with van der Waals surface area (Å²) in [6.45, 7) is 1.99. The van der Waals surface area contributed by atoms with E-state index in [4.69, 9.17) is 22.8 Å². The Labute approximate surface area is 225 Å². The minimum Gasteiger partial charge on any atom is -0.491 e. The molecule has 1 aromatic heterocycles. The van der Waals surface area contributed by atoms with E-state index in [9.17, 15) is 19.1 Å². The molecule has 1 saturated heterocycles. The number of carbonyl (C=O) groups excluding carboxylic acids is 1. The van der Waals surface area contributed by atoms with E-state index in [0.717, 1.165) is 24.5 Å². The van der Waals surface area contributed by atoms with Gasteiger partial charge in [0.25, 0.3) is 5.91 Å². The highest BCUT2D eigenvalue weighted by atomic mass is 35.5. The molecule has 0 bridgehead atoms. The number of β-amino-alcohol motifs (C(OH)–C–C–N with tert-alkyl or cyclic N) is 1. The maximum Gasteiger partial charge on any atom is 0.256 e. The minimum absolute atomic E-state index is 0.0106. The molecule has 3 aromatic rings. The second-order valence-electron chi connectivity index (χ2n) is 9.98. The standard InChI is InChI=1S/C29H29ClFN3O4/c1-2-18-3-7-22(8-4-18)38-17-21(35)15-33-11-9-19(10-12-33)32-29(37)24-16-34(20-5-6-20)27-14-25(30)26(31)13-23(27)28(24)36/h1,3-4,7-8,13-14,16,19-21,35H,5-6,9-12,15,17H2,(H,32,37)/t21-/m0/s1. The molecule has 7 nitrogen and oxygen atoms in total. The first-order chi connectivity index (χ1) is 18.3. The monoisotopic (exact) mass is 537 g/mol. The Balaban J connectivity index is 1.16. The minimum atomic E-state index is -0.682. The summed E-state index contributed by atoms with van der Waals surface area (Å²) in [6.07, 6.45) is 9.50. The number of piperidine rings is 1. The first-order valence-corrected chi connectivity index (χ1v) is 13.1. The lowest BCUT2D eigenvalue weighted by Gasteiger charge is -2.33. The summed E-state index contributed by atoms with van der Waals surface area (Å²) in [6, 6.07) is 9.77. The summed E-state index contributed by atoms with van der Waals surface area (Å²) in [5.41, 5.74) is 0.817. The van der Waals surface area contributed by atoms with Crippen molar-refractivity contribution in [2.45, 2.75) is 43.9 Å². The second-order valence-corrected chi connectivity index (χ2v) is 10.4. The number of aromatic nitrogens is 1. The van der Waals surface area contributed by atoms with Gasteiger partial charge in [0.05, 0.1) is 10.5 Å². The predicted molar refractivity (Wildman–Crippen MR) is 144 cm³/mol. The number of benzene rings is 2. The zero-order valence-corrected chi connectivity index (χ0v) is 21.6. The number of likely N-dealkylation sites (tertiary alicyclic amines) is 1. The zero-order chi connectivity index (χ0) is 26.8. The van der Waals surface area contributed by atoms with Crippen LogP contribution in [0, 0.1) is 18.2 Å². The summed E-state index contributed by atoms with van der Waals surface area (Å²) >= 11 is 5.97. The Kier molecular flexibility index (Phi) is 7.70. The smallest absolute Gasteiger partial charge is 0.256 e. The number of aliphatic hydroxyl groups excluding tert-OH is 1. The molecule has 0 radical (unpaired) electrons. The number of fused-ring (bicyclic) bond motifs is 1. The fourth-order valence-electron chi connectivity index (χ4n) is 4.87. The van der Waals surface area contributed by atoms with Crippen molar-refractivity contribution in [3.8, 4) is 18.1 Å². The quantitative estimate of drug-likeness (QED) is 0.428. The lowest BCUT2D eigenvalue weighted by Crippen LogP contribution is -2.47. The number of carbonyl (C=O) groups is 1. The van der Waals surface area contributed by atoms with E-state index in [-0.39, 0.29) is 34.7 Å². The van der Waals surface area contributed by atoms with Crippen molar-refractivity contribution >= 4 is 28.4 Å². The number of terminal acetylenes is 1. The van der Waals surface area contributed by atoms with Crippen molar-refractivity contribution in [1.29, 1.82) is 0 Å². The zero-order valence-electron chi connectivity index (χ0n) is 20.8. The number of hydrogen-bond acceptors (Lipinski definition) is 5. The topological polar surface area (TPSA) is 83.8 Å². The van der Waals surface area contributed by atoms with Crippen LogP contribution in [0.5, 0.6) is 5.75 Å². The van der Waals surface area contributed by atoms with Crippen LogP contribution in [0.2, 0.25) is 5.02 Å². The van der Waals surface area contributed by atoms with Crippen LogP contribution in [0.4, 0.5) is 4.39 Å². The Morgan fingerprint density at radius 3 is 2.58 bits per heavy atom. The van der Waals surface area contributed by atoms with Gasteiger partial charge in [-0.25, -0.2) is 4.39 Å². The third-order valence-electron chi connectivity index (χ3n) is 7.11. The van der Waals surface area contributed by atoms with E-state index in [1.165, 1.54) is 6.07 Å². The van der Waals surface area contributed by atoms with Gasteiger partial charge in [-0.1, -0.05) is 17.5 Å². The molecule has 1 aliphatic carbocycles. The summed E-state index contributed by atoms with van der Waals surface area (Å²) in [7, 11) is 0. The Hall–Kier alpha value is -3.38. The van der Waals surface area contributed by atoms with Crippen LogP contribution in [0.3, 0.4) is 0 Å². The molecule has 0 spiro atoms. The molecule has 2 fully saturated rings. The fraction of sp³-hybridized carbons (Fsp3) is 0.379. The Morgan fingerprint density at radius 2 is 1.92 bits per heavy atom. The Bertz CT molecular complexity index is 1440. The number of pyridine rings is 1. The van der Waals surface area contributed by atoms with E-state index >= 15 is 0 Å². The van der Waals surface area contributed by atoms with Crippen molar-refractivity contribution in [3.05, 3.63) is 74.8 Å². The van der Waals surface area contributed by atoms with Crippen LogP contribution in [0.25, 0.3) is 10.9 Å². The molecule has 1 saturated carbocycles. The van der Waals surface area contributed by atoms with E-state index in [0.29, 0.717) is 43.7 Å². The molecular weight excluding hydrogens is 509 g/mol. The molecule has 2 N–H and O–H groups in total. The van der Waals surface area contributed by atoms with Gasteiger partial charge in [0.1, 0.15) is 29.8 Å². The van der Waals surface area contributed by atoms with Crippen LogP contribution in [-0.4, -0.2) is 58.9 Å². The predicted octanol–water partition coefficient (Wildman–Crippen LogP) is 3.74. The molecule has 2 heterocycles. The van der Waals surface area contributed by atoms with Crippen LogP contribution in [0.1, 0.15) is 47.6 Å². The van der Waals surface area contributed by atoms with Gasteiger partial charge in [0.15, 0.2) is 0 Å². The highest BCUT2D eigenvalue weighted by Gasteiger charge is 2.29. The van der Waals surface area contributed by atoms with Gasteiger partial charge in [-0.3, -0.25) is 9.59 Å². The van der Waals surface area contributed by atoms with Gasteiger partial charge in [0.2, 0.25) is 5.43 Å². The number of nitrogens with one attached hydrogen (secondary N) is 1. The highest BCUT2D eigenvalue weighted by molar-refractivity contribution is 6.31. The number of amides is 1. The van der Waals surface area contributed by atoms with Crippen molar-refractivity contribution in [2.24, 2.45) is 0 Å². The molecule has 38 heavy (non-hydrogen) atoms. The summed E-state index contributed by atoms with van der Waals surface area (Å²) in [5, 5.41) is 13.5. The molecule has 0 unspecified atom stereocenters. The second kappa shape index (κ2) is 11.2. The van der Waals surface area contributed by atoms with E-state index in [2.05, 4.69) is 16.1 Å². The van der Waals surface area contributed by atoms with Crippen LogP contribution < -0.4 is 15.5 Å². The van der Waals surface area contributed by atoms with E-state index < -0.39 is 23.3 Å². The molecule has 2 aromatic carbocycles. The van der Waals surface area contributed by atoms with Gasteiger partial charge < -0.3 is 24.6 Å². The molecule has 198 valence electrons. The molecule has 1 aliphatic heterocycles. The van der Waals surface area contributed by atoms with Crippen LogP contribution in [0.15, 0.2) is 47.4 Å². The molecule has 1 amide bonds. The number of halogens is 2. The molecule has 5 rings (SSSR count). The lowest BCUT2D eigenvalue weighted by atomic mass is 10.0. The largest absolute Gasteiger partial charge is 0.491 e. The lowest BCUT2D eigenvalue weighted by molar-refractivity contribution is 0.0567. The normalized spacial score (nSPS) is 17.2. The number of ether oxygens (including phenoxy) is 1. The SMILES string of the molecule is C#Cc1ccc(OC[C@@H](O)CN2CCC(NC(=O)c3cn(C4CC4)c4cc(Cl)c(F)cc4c3=O)CC2)cc1. The Morgan fingerprint density at radius 1 is 1.21 bits per heavy atom. The number of rotatable bonds is 8. The van der Waals surface area contributed by atoms with Gasteiger partial charge in [-0.05, 0) is 62.1 Å². The third kappa shape index (κ3) is 5.86. The maximum atomic E-state index is 14.2. The first kappa shape index (κ1) is 26.2. The average Bonchev–Trinajstić information content (AvgIpc) is 3.76. The highest BCUT2D eigenvalue weighted by Crippen LogP contribution is 2.37. The van der Waals surface area contributed by atoms with Crippen molar-refractivity contribution in [3.63, 3.8) is 0 Å². The maximum absolute atomic E-state index is 14.2. The first-order valence-electron chi connectivity index (χ1n) is 12.8. The van der Waals surface area contributed by atoms with Crippen LogP contribution in [-0.2, 0) is 0 Å². The number of nitrogens with zero attached hydrogens (tertiary/aromatic N) is 2. The number of aliphatic hydroxyl groups is 1. The van der Waals surface area contributed by atoms with Crippen molar-refractivity contribution in [2.75, 3.05) is 26.2 Å². The van der Waals surface area contributed by atoms with Gasteiger partial charge >= 0.3 is 0 Å². The summed E-state index contributed by atoms with van der Waals surface area (Å²) in [4.78, 5) is 28.3. The molecule has 9 heteroatoms. The molecular formula is C29H29ClFN3O4. The summed E-state index contributed by atoms with van der Waals surface area (Å²) in [5.74, 6) is 2.05. The molecule has 1 atom stereocenters. The van der Waals surface area contributed by atoms with Crippen LogP contribution >= 0.6 is 11.6 Å². The fourth-order valence-corrected chi connectivity index (χ4v) is 5.03. The third-order valence-corrected chi connectivity index (χ3v) is 7.40. The van der Waals surface area contributed by atoms with Gasteiger partial charge in [-0.2, -0.15) is 0 Å². The average molecular weight is 538 g/mol. The summed E-state index contributed by atoms with van der Waals surface area (Å²) < 4.78 is 21.7.